The maximum Gasteiger partial charge on any atom is 0.408 e. The van der Waals surface area contributed by atoms with Crippen LogP contribution in [-0.2, 0) is 37.0 Å². The Balaban J connectivity index is 1.60. The molecule has 0 spiro atoms. The maximum atomic E-state index is 13.6. The van der Waals surface area contributed by atoms with Gasteiger partial charge in [0.05, 0.1) is 18.1 Å². The van der Waals surface area contributed by atoms with Gasteiger partial charge in [0.1, 0.15) is 19.3 Å². The Morgan fingerprint density at radius 1 is 0.911 bits per heavy atom. The number of rotatable bonds is 18. The Kier molecular flexibility index (Phi) is 14.3. The van der Waals surface area contributed by atoms with E-state index in [-0.39, 0.29) is 57.4 Å². The fourth-order valence-corrected chi connectivity index (χ4v) is 5.36. The summed E-state index contributed by atoms with van der Waals surface area (Å²) in [6.45, 7) is 7.69. The molecule has 2 atom stereocenters. The first-order chi connectivity index (χ1) is 21.8. The van der Waals surface area contributed by atoms with Gasteiger partial charge in [0.15, 0.2) is 0 Å². The molecule has 1 aliphatic carbocycles. The summed E-state index contributed by atoms with van der Waals surface area (Å²) in [4.78, 5) is 53.9. The Morgan fingerprint density at radius 2 is 1.53 bits per heavy atom. The number of carbonyl (C=O) groups is 4. The van der Waals surface area contributed by atoms with Crippen molar-refractivity contribution in [2.45, 2.75) is 69.7 Å². The van der Waals surface area contributed by atoms with Crippen LogP contribution in [0.3, 0.4) is 0 Å². The van der Waals surface area contributed by atoms with Crippen molar-refractivity contribution >= 4 is 23.9 Å². The third kappa shape index (κ3) is 11.5. The normalized spacial score (nSPS) is 14.8. The number of aliphatic hydroxyl groups excluding tert-OH is 1. The van der Waals surface area contributed by atoms with Crippen molar-refractivity contribution in [2.75, 3.05) is 19.8 Å². The molecule has 1 aliphatic rings. The van der Waals surface area contributed by atoms with E-state index in [1.165, 1.54) is 6.08 Å². The summed E-state index contributed by atoms with van der Waals surface area (Å²) in [5.41, 5.74) is 0.934. The Hall–Kier alpha value is -4.44. The third-order valence-electron chi connectivity index (χ3n) is 7.81. The van der Waals surface area contributed by atoms with Crippen LogP contribution in [0.1, 0.15) is 56.1 Å². The average molecular weight is 620 g/mol. The van der Waals surface area contributed by atoms with Crippen LogP contribution < -0.4 is 10.6 Å². The number of alkyl carbamates (subject to hydrolysis) is 1. The summed E-state index contributed by atoms with van der Waals surface area (Å²) in [6, 6.07) is 17.6. The van der Waals surface area contributed by atoms with E-state index < -0.39 is 29.6 Å². The van der Waals surface area contributed by atoms with Gasteiger partial charge in [0.2, 0.25) is 11.8 Å². The molecule has 10 heteroatoms. The number of hydrogen-bond donors (Lipinski definition) is 3. The fourth-order valence-electron chi connectivity index (χ4n) is 5.36. The average Bonchev–Trinajstić information content (AvgIpc) is 3.51. The largest absolute Gasteiger partial charge is 0.462 e. The monoisotopic (exact) mass is 619 g/mol. The molecular weight excluding hydrogens is 574 g/mol. The number of nitrogens with zero attached hydrogens (tertiary/aromatic N) is 1. The molecule has 0 radical (unpaired) electrons. The number of benzene rings is 2. The SMILES string of the molecule is C=CC[C@H](CC(=O)N(CCO)Cc1ccccc1)C(=O)NC1(COC(=O)[C@@H](CC=C)NC(=O)OCc2ccccc2)CCCC1. The standard InChI is InChI=1S/C35H45N3O7/c1-3-13-29(23-31(40)38(21-22-39)24-27-15-7-5-8-16-27)32(41)37-35(19-11-12-20-35)26-45-33(42)30(14-4-2)36-34(43)44-25-28-17-9-6-10-18-28/h3-10,15-18,29-30,39H,1-2,11-14,19-26H2,(H,36,43)(H,37,41)/t29-,30-/m1/s1. The van der Waals surface area contributed by atoms with E-state index in [0.717, 1.165) is 24.0 Å². The van der Waals surface area contributed by atoms with E-state index in [2.05, 4.69) is 23.8 Å². The number of ether oxygens (including phenoxy) is 2. The van der Waals surface area contributed by atoms with Gasteiger partial charge >= 0.3 is 12.1 Å². The lowest BCUT2D eigenvalue weighted by atomic mass is 9.94. The van der Waals surface area contributed by atoms with Crippen molar-refractivity contribution in [1.82, 2.24) is 15.5 Å². The van der Waals surface area contributed by atoms with Crippen LogP contribution in [0.4, 0.5) is 4.79 Å². The molecule has 0 aliphatic heterocycles. The van der Waals surface area contributed by atoms with Gasteiger partial charge in [-0.2, -0.15) is 0 Å². The second-order valence-corrected chi connectivity index (χ2v) is 11.3. The molecule has 10 nitrogen and oxygen atoms in total. The fraction of sp³-hybridized carbons (Fsp3) is 0.429. The second-order valence-electron chi connectivity index (χ2n) is 11.3. The molecule has 3 N–H and O–H groups in total. The van der Waals surface area contributed by atoms with Gasteiger partial charge in [-0.05, 0) is 36.8 Å². The highest BCUT2D eigenvalue weighted by atomic mass is 16.6. The van der Waals surface area contributed by atoms with Gasteiger partial charge in [-0.25, -0.2) is 9.59 Å². The van der Waals surface area contributed by atoms with Crippen molar-refractivity contribution < 1.29 is 33.8 Å². The molecule has 1 fully saturated rings. The molecule has 2 aromatic carbocycles. The van der Waals surface area contributed by atoms with Crippen molar-refractivity contribution in [3.8, 4) is 0 Å². The molecule has 242 valence electrons. The third-order valence-corrected chi connectivity index (χ3v) is 7.81. The summed E-state index contributed by atoms with van der Waals surface area (Å²) in [6.07, 6.45) is 5.59. The predicted molar refractivity (Wildman–Crippen MR) is 171 cm³/mol. The number of hydrogen-bond acceptors (Lipinski definition) is 7. The van der Waals surface area contributed by atoms with E-state index in [4.69, 9.17) is 9.47 Å². The van der Waals surface area contributed by atoms with E-state index in [1.54, 1.807) is 11.0 Å². The minimum Gasteiger partial charge on any atom is -0.462 e. The van der Waals surface area contributed by atoms with Crippen molar-refractivity contribution in [2.24, 2.45) is 5.92 Å². The zero-order chi connectivity index (χ0) is 32.5. The number of aliphatic hydroxyl groups is 1. The first-order valence-electron chi connectivity index (χ1n) is 15.4. The highest BCUT2D eigenvalue weighted by Gasteiger charge is 2.39. The van der Waals surface area contributed by atoms with Crippen LogP contribution in [0, 0.1) is 5.92 Å². The van der Waals surface area contributed by atoms with Crippen LogP contribution >= 0.6 is 0 Å². The molecule has 0 unspecified atom stereocenters. The first kappa shape index (κ1) is 35.0. The van der Waals surface area contributed by atoms with Crippen molar-refractivity contribution in [1.29, 1.82) is 0 Å². The number of amides is 3. The second kappa shape index (κ2) is 18.4. The summed E-state index contributed by atoms with van der Waals surface area (Å²) >= 11 is 0. The van der Waals surface area contributed by atoms with E-state index in [9.17, 15) is 24.3 Å². The van der Waals surface area contributed by atoms with Gasteiger partial charge in [0.25, 0.3) is 0 Å². The lowest BCUT2D eigenvalue weighted by molar-refractivity contribution is -0.149. The molecule has 45 heavy (non-hydrogen) atoms. The summed E-state index contributed by atoms with van der Waals surface area (Å²) in [5.74, 6) is -1.92. The summed E-state index contributed by atoms with van der Waals surface area (Å²) in [5, 5.41) is 15.2. The molecular formula is C35H45N3O7. The van der Waals surface area contributed by atoms with Crippen LogP contribution in [0.5, 0.6) is 0 Å². The van der Waals surface area contributed by atoms with Gasteiger partial charge in [-0.1, -0.05) is 85.7 Å². The number of esters is 1. The maximum absolute atomic E-state index is 13.6. The highest BCUT2D eigenvalue weighted by Crippen LogP contribution is 2.31. The molecule has 0 saturated heterocycles. The lowest BCUT2D eigenvalue weighted by Gasteiger charge is -2.32. The highest BCUT2D eigenvalue weighted by molar-refractivity contribution is 5.86. The Morgan fingerprint density at radius 3 is 2.13 bits per heavy atom. The van der Waals surface area contributed by atoms with Crippen molar-refractivity contribution in [3.05, 3.63) is 97.1 Å². The van der Waals surface area contributed by atoms with Crippen molar-refractivity contribution in [3.63, 3.8) is 0 Å². The Labute approximate surface area is 265 Å². The van der Waals surface area contributed by atoms with Gasteiger partial charge in [-0.3, -0.25) is 9.59 Å². The van der Waals surface area contributed by atoms with Gasteiger partial charge in [0, 0.05) is 19.5 Å². The lowest BCUT2D eigenvalue weighted by Crippen LogP contribution is -2.53. The first-order valence-corrected chi connectivity index (χ1v) is 15.4. The minimum atomic E-state index is -1.01. The minimum absolute atomic E-state index is 0.0517. The predicted octanol–water partition coefficient (Wildman–Crippen LogP) is 4.43. The Bertz CT molecular complexity index is 1260. The molecule has 1 saturated carbocycles. The molecule has 3 amide bonds. The summed E-state index contributed by atoms with van der Waals surface area (Å²) < 4.78 is 10.9. The smallest absolute Gasteiger partial charge is 0.408 e. The van der Waals surface area contributed by atoms with Crippen LogP contribution in [0.2, 0.25) is 0 Å². The van der Waals surface area contributed by atoms with E-state index >= 15 is 0 Å². The number of allylic oxidation sites excluding steroid dienone is 1. The molecule has 2 aromatic rings. The molecule has 3 rings (SSSR count). The zero-order valence-electron chi connectivity index (χ0n) is 25.8. The molecule has 0 aromatic heterocycles. The zero-order valence-corrected chi connectivity index (χ0v) is 25.8. The molecule has 0 bridgehead atoms. The van der Waals surface area contributed by atoms with E-state index in [1.807, 2.05) is 60.7 Å². The van der Waals surface area contributed by atoms with E-state index in [0.29, 0.717) is 19.4 Å². The number of nitrogens with one attached hydrogen (secondary N) is 2. The van der Waals surface area contributed by atoms with Gasteiger partial charge in [-0.15, -0.1) is 13.2 Å². The quantitative estimate of drug-likeness (QED) is 0.166. The topological polar surface area (TPSA) is 134 Å². The van der Waals surface area contributed by atoms with Crippen LogP contribution in [-0.4, -0.2) is 65.2 Å². The van der Waals surface area contributed by atoms with Crippen LogP contribution in [0.15, 0.2) is 86.0 Å². The van der Waals surface area contributed by atoms with Gasteiger partial charge < -0.3 is 30.1 Å². The van der Waals surface area contributed by atoms with Crippen LogP contribution in [0.25, 0.3) is 0 Å². The molecule has 0 heterocycles. The summed E-state index contributed by atoms with van der Waals surface area (Å²) in [7, 11) is 0. The number of carbonyl (C=O) groups excluding carboxylic acids is 4.